The predicted molar refractivity (Wildman–Crippen MR) is 144 cm³/mol. The number of benzene rings is 2. The van der Waals surface area contributed by atoms with Crippen molar-refractivity contribution in [2.75, 3.05) is 6.61 Å². The predicted octanol–water partition coefficient (Wildman–Crippen LogP) is -1.31. The van der Waals surface area contributed by atoms with Gasteiger partial charge < -0.3 is 42.6 Å². The molecule has 0 aliphatic carbocycles. The summed E-state index contributed by atoms with van der Waals surface area (Å²) in [6, 6.07) is 10.7. The van der Waals surface area contributed by atoms with E-state index in [1.807, 2.05) is 18.2 Å². The monoisotopic (exact) mass is 552 g/mol. The molecule has 3 rings (SSSR count). The van der Waals surface area contributed by atoms with Crippen LogP contribution in [0.25, 0.3) is 10.9 Å². The Kier molecular flexibility index (Phi) is 10.3. The number of aliphatic hydroxyl groups excluding tert-OH is 1. The van der Waals surface area contributed by atoms with Crippen LogP contribution in [0.5, 0.6) is 0 Å². The van der Waals surface area contributed by atoms with E-state index in [-0.39, 0.29) is 12.8 Å². The summed E-state index contributed by atoms with van der Waals surface area (Å²) in [6.07, 6.45) is 1.00. The summed E-state index contributed by atoms with van der Waals surface area (Å²) in [5.41, 5.74) is 12.9. The fourth-order valence-corrected chi connectivity index (χ4v) is 4.10. The first-order chi connectivity index (χ1) is 19.1. The van der Waals surface area contributed by atoms with Gasteiger partial charge in [0, 0.05) is 29.9 Å². The molecule has 4 unspecified atom stereocenters. The Balaban J connectivity index is 1.90. The van der Waals surface area contributed by atoms with Crippen LogP contribution in [0.4, 0.5) is 0 Å². The Morgan fingerprint density at radius 1 is 0.800 bits per heavy atom. The highest BCUT2D eigenvalue weighted by molar-refractivity contribution is 5.95. The molecule has 0 radical (unpaired) electrons. The molecule has 0 bridgehead atoms. The Labute approximate surface area is 229 Å². The van der Waals surface area contributed by atoms with Crippen molar-refractivity contribution in [3.8, 4) is 0 Å². The minimum atomic E-state index is -1.62. The van der Waals surface area contributed by atoms with E-state index in [0.717, 1.165) is 10.9 Å². The Morgan fingerprint density at radius 3 is 2.00 bits per heavy atom. The van der Waals surface area contributed by atoms with Gasteiger partial charge in [0.05, 0.1) is 13.0 Å². The highest BCUT2D eigenvalue weighted by Gasteiger charge is 2.31. The summed E-state index contributed by atoms with van der Waals surface area (Å²) in [6.45, 7) is -0.645. The standard InChI is InChI=1S/C27H32N6O7/c28-18(14-34)24(36)31-20(10-15-6-2-1-3-7-15)25(37)32-21(26(38)33-22(27(39)40)12-23(29)35)11-16-13-30-19-9-5-4-8-17(16)19/h1-9,13,18,20-22,30,34H,10-12,14,28H2,(H2,29,35)(H,31,36)(H,32,37)(H,33,38)(H,39,40). The molecule has 0 fully saturated rings. The zero-order valence-electron chi connectivity index (χ0n) is 21.5. The molecule has 0 saturated heterocycles. The fraction of sp³-hybridized carbons (Fsp3) is 0.296. The lowest BCUT2D eigenvalue weighted by Crippen LogP contribution is -2.58. The average molecular weight is 553 g/mol. The largest absolute Gasteiger partial charge is 0.480 e. The second kappa shape index (κ2) is 13.9. The van der Waals surface area contributed by atoms with E-state index in [4.69, 9.17) is 11.5 Å². The van der Waals surface area contributed by atoms with Gasteiger partial charge in [0.2, 0.25) is 23.6 Å². The molecule has 212 valence electrons. The number of nitrogens with one attached hydrogen (secondary N) is 4. The molecule has 13 heteroatoms. The SMILES string of the molecule is NC(=O)CC(NC(=O)C(Cc1c[nH]c2ccccc12)NC(=O)C(Cc1ccccc1)NC(=O)C(N)CO)C(=O)O. The number of rotatable bonds is 14. The number of hydrogen-bond acceptors (Lipinski definition) is 7. The Hall–Kier alpha value is -4.75. The highest BCUT2D eigenvalue weighted by atomic mass is 16.4. The van der Waals surface area contributed by atoms with E-state index in [0.29, 0.717) is 11.1 Å². The molecule has 0 saturated carbocycles. The Bertz CT molecular complexity index is 1360. The van der Waals surface area contributed by atoms with Gasteiger partial charge in [0.1, 0.15) is 24.2 Å². The van der Waals surface area contributed by atoms with Crippen LogP contribution < -0.4 is 27.4 Å². The maximum atomic E-state index is 13.5. The van der Waals surface area contributed by atoms with Gasteiger partial charge in [0.25, 0.3) is 0 Å². The van der Waals surface area contributed by atoms with Crippen molar-refractivity contribution in [3.05, 3.63) is 71.9 Å². The van der Waals surface area contributed by atoms with Gasteiger partial charge in [-0.25, -0.2) is 4.79 Å². The van der Waals surface area contributed by atoms with Crippen LogP contribution in [-0.4, -0.2) is 75.6 Å². The van der Waals surface area contributed by atoms with E-state index in [9.17, 15) is 34.2 Å². The number of primary amides is 1. The van der Waals surface area contributed by atoms with Gasteiger partial charge in [-0.05, 0) is 17.2 Å². The van der Waals surface area contributed by atoms with E-state index in [2.05, 4.69) is 20.9 Å². The van der Waals surface area contributed by atoms with Gasteiger partial charge in [-0.3, -0.25) is 19.2 Å². The van der Waals surface area contributed by atoms with Gasteiger partial charge in [-0.15, -0.1) is 0 Å². The first kappa shape index (κ1) is 29.8. The van der Waals surface area contributed by atoms with Crippen molar-refractivity contribution >= 4 is 40.5 Å². The molecule has 1 aromatic heterocycles. The molecule has 2 aromatic carbocycles. The average Bonchev–Trinajstić information content (AvgIpc) is 3.34. The number of carbonyl (C=O) groups is 5. The summed E-state index contributed by atoms with van der Waals surface area (Å²) < 4.78 is 0. The second-order valence-corrected chi connectivity index (χ2v) is 9.23. The number of aromatic nitrogens is 1. The third kappa shape index (κ3) is 8.12. The van der Waals surface area contributed by atoms with Crippen molar-refractivity contribution in [1.82, 2.24) is 20.9 Å². The van der Waals surface area contributed by atoms with Crippen LogP contribution in [0.2, 0.25) is 0 Å². The van der Waals surface area contributed by atoms with E-state index in [1.54, 1.807) is 42.6 Å². The maximum absolute atomic E-state index is 13.5. The van der Waals surface area contributed by atoms with Gasteiger partial charge >= 0.3 is 5.97 Å². The number of fused-ring (bicyclic) bond motifs is 1. The second-order valence-electron chi connectivity index (χ2n) is 9.23. The van der Waals surface area contributed by atoms with Crippen LogP contribution in [0.15, 0.2) is 60.8 Å². The molecule has 0 spiro atoms. The number of H-pyrrole nitrogens is 1. The molecule has 0 aliphatic heterocycles. The van der Waals surface area contributed by atoms with Crippen LogP contribution >= 0.6 is 0 Å². The maximum Gasteiger partial charge on any atom is 0.326 e. The van der Waals surface area contributed by atoms with E-state index in [1.165, 1.54) is 0 Å². The van der Waals surface area contributed by atoms with Crippen LogP contribution in [0, 0.1) is 0 Å². The lowest BCUT2D eigenvalue weighted by Gasteiger charge is -2.25. The molecule has 13 nitrogen and oxygen atoms in total. The van der Waals surface area contributed by atoms with Gasteiger partial charge in [-0.2, -0.15) is 0 Å². The number of carboxylic acid groups (broad SMARTS) is 1. The summed E-state index contributed by atoms with van der Waals surface area (Å²) >= 11 is 0. The molecule has 40 heavy (non-hydrogen) atoms. The van der Waals surface area contributed by atoms with Gasteiger partial charge in [0.15, 0.2) is 0 Å². The fourth-order valence-electron chi connectivity index (χ4n) is 4.10. The minimum Gasteiger partial charge on any atom is -0.480 e. The molecule has 0 aliphatic rings. The highest BCUT2D eigenvalue weighted by Crippen LogP contribution is 2.19. The number of aliphatic carboxylic acids is 1. The van der Waals surface area contributed by atoms with E-state index >= 15 is 0 Å². The van der Waals surface area contributed by atoms with E-state index < -0.39 is 66.8 Å². The number of aromatic amines is 1. The normalized spacial score (nSPS) is 13.9. The number of carboxylic acids is 1. The third-order valence-corrected chi connectivity index (χ3v) is 6.20. The first-order valence-corrected chi connectivity index (χ1v) is 12.5. The zero-order valence-corrected chi connectivity index (χ0v) is 21.5. The Morgan fingerprint density at radius 2 is 1.38 bits per heavy atom. The number of nitrogens with two attached hydrogens (primary N) is 2. The lowest BCUT2D eigenvalue weighted by atomic mass is 10.0. The van der Waals surface area contributed by atoms with Crippen molar-refractivity contribution in [2.24, 2.45) is 11.5 Å². The molecular formula is C27H32N6O7. The smallest absolute Gasteiger partial charge is 0.326 e. The molecule has 10 N–H and O–H groups in total. The summed E-state index contributed by atoms with van der Waals surface area (Å²) in [5, 5.41) is 26.9. The zero-order chi connectivity index (χ0) is 29.2. The number of aliphatic hydroxyl groups is 1. The first-order valence-electron chi connectivity index (χ1n) is 12.5. The minimum absolute atomic E-state index is 0.0391. The lowest BCUT2D eigenvalue weighted by molar-refractivity contribution is -0.143. The number of hydrogen-bond donors (Lipinski definition) is 8. The third-order valence-electron chi connectivity index (χ3n) is 6.20. The molecule has 1 heterocycles. The van der Waals surface area contributed by atoms with Crippen molar-refractivity contribution in [2.45, 2.75) is 43.4 Å². The summed E-state index contributed by atoms with van der Waals surface area (Å²) in [7, 11) is 0. The quantitative estimate of drug-likeness (QED) is 0.119. The molecule has 4 amide bonds. The number of carbonyl (C=O) groups excluding carboxylic acids is 4. The molecular weight excluding hydrogens is 520 g/mol. The van der Waals surface area contributed by atoms with Crippen LogP contribution in [0.3, 0.4) is 0 Å². The van der Waals surface area contributed by atoms with Crippen LogP contribution in [0.1, 0.15) is 17.5 Å². The summed E-state index contributed by atoms with van der Waals surface area (Å²) in [4.78, 5) is 65.3. The topological polar surface area (TPSA) is 230 Å². The molecule has 4 atom stereocenters. The van der Waals surface area contributed by atoms with Crippen molar-refractivity contribution in [3.63, 3.8) is 0 Å². The van der Waals surface area contributed by atoms with Crippen LogP contribution in [-0.2, 0) is 36.8 Å². The number of para-hydroxylation sites is 1. The van der Waals surface area contributed by atoms with Crippen molar-refractivity contribution in [1.29, 1.82) is 0 Å². The van der Waals surface area contributed by atoms with Gasteiger partial charge in [-0.1, -0.05) is 48.5 Å². The summed E-state index contributed by atoms with van der Waals surface area (Å²) in [5.74, 6) is -4.80. The molecule has 3 aromatic rings. The number of amides is 4. The van der Waals surface area contributed by atoms with Crippen molar-refractivity contribution < 1.29 is 34.2 Å².